The Hall–Kier alpha value is -1.36. The van der Waals surface area contributed by atoms with E-state index in [0.29, 0.717) is 11.8 Å². The molecule has 0 radical (unpaired) electrons. The lowest BCUT2D eigenvalue weighted by molar-refractivity contribution is 0.154. The topological polar surface area (TPSA) is 67.3 Å². The van der Waals surface area contributed by atoms with Gasteiger partial charge in [-0.1, -0.05) is 6.92 Å². The van der Waals surface area contributed by atoms with Gasteiger partial charge in [0, 0.05) is 11.8 Å². The van der Waals surface area contributed by atoms with Crippen LogP contribution in [0.15, 0.2) is 6.07 Å². The molecule has 0 unspecified atom stereocenters. The van der Waals surface area contributed by atoms with Crippen LogP contribution in [0.1, 0.15) is 38.3 Å². The Morgan fingerprint density at radius 3 is 2.68 bits per heavy atom. The molecule has 1 aromatic heterocycles. The molecule has 1 fully saturated rings. The van der Waals surface area contributed by atoms with Crippen molar-refractivity contribution in [2.45, 2.75) is 45.1 Å². The second kappa shape index (κ2) is 5.74. The predicted octanol–water partition coefficient (Wildman–Crippen LogP) is 2.15. The molecular weight excluding hydrogens is 242 g/mol. The molecule has 1 aromatic rings. The molecule has 2 N–H and O–H groups in total. The molecule has 2 rings (SSSR count). The maximum atomic E-state index is 9.74. The van der Waals surface area contributed by atoms with Gasteiger partial charge in [-0.2, -0.15) is 4.98 Å². The Bertz CT molecular complexity index is 429. The predicted molar refractivity (Wildman–Crippen MR) is 74.4 cm³/mol. The van der Waals surface area contributed by atoms with E-state index in [1.54, 1.807) is 13.2 Å². The molecule has 1 aliphatic carbocycles. The van der Waals surface area contributed by atoms with Crippen LogP contribution in [0.3, 0.4) is 0 Å². The minimum Gasteiger partial charge on any atom is -0.481 e. The zero-order chi connectivity index (χ0) is 13.9. The Morgan fingerprint density at radius 2 is 2.11 bits per heavy atom. The first-order valence-corrected chi connectivity index (χ1v) is 6.85. The summed E-state index contributed by atoms with van der Waals surface area (Å²) >= 11 is 0. The van der Waals surface area contributed by atoms with Crippen LogP contribution in [0.2, 0.25) is 0 Å². The van der Waals surface area contributed by atoms with Gasteiger partial charge in [-0.3, -0.25) is 0 Å². The largest absolute Gasteiger partial charge is 0.481 e. The van der Waals surface area contributed by atoms with E-state index >= 15 is 0 Å². The quantitative estimate of drug-likeness (QED) is 0.873. The van der Waals surface area contributed by atoms with Crippen LogP contribution >= 0.6 is 0 Å². The second-order valence-electron chi connectivity index (χ2n) is 5.62. The van der Waals surface area contributed by atoms with Crippen molar-refractivity contribution in [2.24, 2.45) is 5.92 Å². The minimum absolute atomic E-state index is 0.110. The molecule has 19 heavy (non-hydrogen) atoms. The van der Waals surface area contributed by atoms with Crippen molar-refractivity contribution in [2.75, 3.05) is 19.0 Å². The molecular formula is C14H23N3O2. The zero-order valence-electron chi connectivity index (χ0n) is 11.9. The maximum Gasteiger partial charge on any atom is 0.226 e. The number of methoxy groups -OCH3 is 1. The number of nitrogens with zero attached hydrogens (tertiary/aromatic N) is 2. The van der Waals surface area contributed by atoms with Crippen LogP contribution in [-0.4, -0.2) is 34.3 Å². The summed E-state index contributed by atoms with van der Waals surface area (Å²) in [4.78, 5) is 8.68. The number of aryl methyl sites for hydroxylation is 1. The van der Waals surface area contributed by atoms with Crippen LogP contribution in [-0.2, 0) is 0 Å². The summed E-state index contributed by atoms with van der Waals surface area (Å²) in [7, 11) is 1.59. The highest BCUT2D eigenvalue weighted by Crippen LogP contribution is 2.33. The summed E-state index contributed by atoms with van der Waals surface area (Å²) in [6, 6.07) is 1.79. The number of aliphatic hydroxyl groups excluding tert-OH is 1. The molecule has 106 valence electrons. The maximum absolute atomic E-state index is 9.74. The highest BCUT2D eigenvalue weighted by atomic mass is 16.5. The van der Waals surface area contributed by atoms with Crippen molar-refractivity contribution in [3.8, 4) is 5.88 Å². The van der Waals surface area contributed by atoms with Gasteiger partial charge in [-0.05, 0) is 38.5 Å². The van der Waals surface area contributed by atoms with Gasteiger partial charge in [-0.25, -0.2) is 4.98 Å². The summed E-state index contributed by atoms with van der Waals surface area (Å²) < 4.78 is 5.15. The summed E-state index contributed by atoms with van der Waals surface area (Å²) in [5.74, 6) is 1.82. The fourth-order valence-corrected chi connectivity index (χ4v) is 2.57. The minimum atomic E-state index is -0.286. The molecule has 0 bridgehead atoms. The lowest BCUT2D eigenvalue weighted by atomic mass is 9.77. The van der Waals surface area contributed by atoms with Crippen LogP contribution in [0.4, 0.5) is 5.95 Å². The highest BCUT2D eigenvalue weighted by molar-refractivity contribution is 5.34. The van der Waals surface area contributed by atoms with E-state index in [1.807, 2.05) is 6.92 Å². The van der Waals surface area contributed by atoms with Gasteiger partial charge >= 0.3 is 0 Å². The Morgan fingerprint density at radius 1 is 1.42 bits per heavy atom. The molecule has 0 aliphatic heterocycles. The van der Waals surface area contributed by atoms with E-state index in [9.17, 15) is 5.11 Å². The van der Waals surface area contributed by atoms with Crippen molar-refractivity contribution in [3.05, 3.63) is 11.8 Å². The molecule has 0 spiro atoms. The molecule has 5 nitrogen and oxygen atoms in total. The number of nitrogens with one attached hydrogen (secondary N) is 1. The van der Waals surface area contributed by atoms with Crippen molar-refractivity contribution < 1.29 is 9.84 Å². The van der Waals surface area contributed by atoms with Crippen molar-refractivity contribution in [1.29, 1.82) is 0 Å². The monoisotopic (exact) mass is 265 g/mol. The second-order valence-corrected chi connectivity index (χ2v) is 5.62. The van der Waals surface area contributed by atoms with Crippen LogP contribution in [0, 0.1) is 12.8 Å². The highest BCUT2D eigenvalue weighted by Gasteiger charge is 2.34. The molecule has 0 atom stereocenters. The number of aromatic nitrogens is 2. The van der Waals surface area contributed by atoms with Gasteiger partial charge in [0.15, 0.2) is 0 Å². The van der Waals surface area contributed by atoms with E-state index in [1.165, 1.54) is 0 Å². The standard InChI is InChI=1S/C14H23N3O2/c1-10-4-6-14(9-18,7-5-10)17-13-15-11(2)8-12(16-13)19-3/h8,10,18H,4-7,9H2,1-3H3,(H,15,16,17). The SMILES string of the molecule is COc1cc(C)nc(NC2(CO)CCC(C)CC2)n1. The molecule has 0 amide bonds. The van der Waals surface area contributed by atoms with Gasteiger partial charge in [0.2, 0.25) is 11.8 Å². The third-order valence-corrected chi connectivity index (χ3v) is 3.95. The summed E-state index contributed by atoms with van der Waals surface area (Å²) in [6.45, 7) is 4.27. The van der Waals surface area contributed by atoms with Crippen molar-refractivity contribution in [3.63, 3.8) is 0 Å². The Kier molecular flexibility index (Phi) is 4.24. The Balaban J connectivity index is 2.16. The zero-order valence-corrected chi connectivity index (χ0v) is 11.9. The lowest BCUT2D eigenvalue weighted by Crippen LogP contribution is -2.45. The average molecular weight is 265 g/mol. The van der Waals surface area contributed by atoms with E-state index < -0.39 is 0 Å². The number of hydrogen-bond donors (Lipinski definition) is 2. The summed E-state index contributed by atoms with van der Waals surface area (Å²) in [5.41, 5.74) is 0.567. The smallest absolute Gasteiger partial charge is 0.226 e. The number of hydrogen-bond acceptors (Lipinski definition) is 5. The fraction of sp³-hybridized carbons (Fsp3) is 0.714. The first-order valence-electron chi connectivity index (χ1n) is 6.85. The van der Waals surface area contributed by atoms with Crippen LogP contribution in [0.5, 0.6) is 5.88 Å². The van der Waals surface area contributed by atoms with Gasteiger partial charge in [0.05, 0.1) is 19.3 Å². The summed E-state index contributed by atoms with van der Waals surface area (Å²) in [6.07, 6.45) is 4.14. The van der Waals surface area contributed by atoms with Gasteiger partial charge in [-0.15, -0.1) is 0 Å². The average Bonchev–Trinajstić information content (AvgIpc) is 2.41. The third kappa shape index (κ3) is 3.35. The first kappa shape index (κ1) is 14.1. The van der Waals surface area contributed by atoms with E-state index in [0.717, 1.165) is 37.3 Å². The lowest BCUT2D eigenvalue weighted by Gasteiger charge is -2.38. The summed E-state index contributed by atoms with van der Waals surface area (Å²) in [5, 5.41) is 13.1. The molecule has 5 heteroatoms. The van der Waals surface area contributed by atoms with Gasteiger partial charge in [0.1, 0.15) is 0 Å². The van der Waals surface area contributed by atoms with Gasteiger partial charge in [0.25, 0.3) is 0 Å². The van der Waals surface area contributed by atoms with E-state index in [-0.39, 0.29) is 12.1 Å². The molecule has 0 aromatic carbocycles. The van der Waals surface area contributed by atoms with Crippen LogP contribution < -0.4 is 10.1 Å². The normalized spacial score (nSPS) is 27.1. The number of rotatable bonds is 4. The molecule has 1 aliphatic rings. The van der Waals surface area contributed by atoms with E-state index in [2.05, 4.69) is 22.2 Å². The molecule has 1 heterocycles. The molecule has 1 saturated carbocycles. The first-order chi connectivity index (χ1) is 9.07. The van der Waals surface area contributed by atoms with Gasteiger partial charge < -0.3 is 15.2 Å². The third-order valence-electron chi connectivity index (χ3n) is 3.95. The van der Waals surface area contributed by atoms with Crippen molar-refractivity contribution >= 4 is 5.95 Å². The fourth-order valence-electron chi connectivity index (χ4n) is 2.57. The van der Waals surface area contributed by atoms with E-state index in [4.69, 9.17) is 4.74 Å². The van der Waals surface area contributed by atoms with Crippen molar-refractivity contribution in [1.82, 2.24) is 9.97 Å². The van der Waals surface area contributed by atoms with Crippen LogP contribution in [0.25, 0.3) is 0 Å². The number of ether oxygens (including phenoxy) is 1. The molecule has 0 saturated heterocycles. The Labute approximate surface area is 114 Å². The number of anilines is 1. The number of aliphatic hydroxyl groups is 1.